The first-order chi connectivity index (χ1) is 12.1. The van der Waals surface area contributed by atoms with Crippen molar-refractivity contribution in [3.8, 4) is 0 Å². The molecule has 1 amide bonds. The van der Waals surface area contributed by atoms with E-state index in [2.05, 4.69) is 44.1 Å². The minimum atomic E-state index is -0.128. The molecular formula is C19H27N5O. The van der Waals surface area contributed by atoms with Crippen LogP contribution in [0.3, 0.4) is 0 Å². The molecule has 25 heavy (non-hydrogen) atoms. The van der Waals surface area contributed by atoms with Crippen molar-refractivity contribution < 1.29 is 4.79 Å². The summed E-state index contributed by atoms with van der Waals surface area (Å²) >= 11 is 0. The molecule has 6 nitrogen and oxygen atoms in total. The molecule has 0 atom stereocenters. The quantitative estimate of drug-likeness (QED) is 0.709. The average molecular weight is 341 g/mol. The van der Waals surface area contributed by atoms with Crippen molar-refractivity contribution in [3.05, 3.63) is 53.9 Å². The zero-order valence-corrected chi connectivity index (χ0v) is 15.3. The number of nitrogens with zero attached hydrogens (tertiary/aromatic N) is 4. The second-order valence-electron chi connectivity index (χ2n) is 6.18. The second-order valence-corrected chi connectivity index (χ2v) is 6.18. The molecule has 0 aliphatic carbocycles. The number of benzene rings is 1. The first-order valence-electron chi connectivity index (χ1n) is 8.64. The Kier molecular flexibility index (Phi) is 7.35. The normalized spacial score (nSPS) is 10.7. The molecule has 0 fully saturated rings. The number of amides is 1. The summed E-state index contributed by atoms with van der Waals surface area (Å²) in [4.78, 5) is 25.0. The highest BCUT2D eigenvalue weighted by molar-refractivity contribution is 5.93. The van der Waals surface area contributed by atoms with Gasteiger partial charge in [-0.1, -0.05) is 30.3 Å². The van der Waals surface area contributed by atoms with Gasteiger partial charge >= 0.3 is 0 Å². The van der Waals surface area contributed by atoms with E-state index >= 15 is 0 Å². The molecule has 0 saturated heterocycles. The highest BCUT2D eigenvalue weighted by atomic mass is 16.1. The molecule has 2 aromatic rings. The molecule has 1 N–H and O–H groups in total. The zero-order chi connectivity index (χ0) is 18.1. The number of carbonyl (C=O) groups excluding carboxylic acids is 1. The molecule has 1 heterocycles. The van der Waals surface area contributed by atoms with Crippen LogP contribution in [-0.2, 0) is 6.54 Å². The van der Waals surface area contributed by atoms with Crippen LogP contribution in [0.2, 0.25) is 0 Å². The van der Waals surface area contributed by atoms with Gasteiger partial charge < -0.3 is 15.1 Å². The van der Waals surface area contributed by atoms with Crippen molar-refractivity contribution in [2.75, 3.05) is 38.6 Å². The third-order valence-electron chi connectivity index (χ3n) is 3.85. The fraction of sp³-hybridized carbons (Fsp3) is 0.421. The molecule has 0 unspecified atom stereocenters. The Bertz CT molecular complexity index is 643. The van der Waals surface area contributed by atoms with Gasteiger partial charge in [-0.2, -0.15) is 0 Å². The molecule has 2 rings (SSSR count). The average Bonchev–Trinajstić information content (AvgIpc) is 2.64. The fourth-order valence-corrected chi connectivity index (χ4v) is 2.43. The molecule has 0 saturated carbocycles. The van der Waals surface area contributed by atoms with Crippen LogP contribution in [0.5, 0.6) is 0 Å². The van der Waals surface area contributed by atoms with E-state index in [0.29, 0.717) is 18.1 Å². The van der Waals surface area contributed by atoms with E-state index < -0.39 is 0 Å². The molecule has 6 heteroatoms. The second kappa shape index (κ2) is 9.74. The Hall–Kier alpha value is -2.47. The Balaban J connectivity index is 1.92. The summed E-state index contributed by atoms with van der Waals surface area (Å²) < 4.78 is 0. The minimum Gasteiger partial charge on any atom is -0.352 e. The maximum atomic E-state index is 12.1. The molecule has 1 aromatic carbocycles. The summed E-state index contributed by atoms with van der Waals surface area (Å²) in [5.41, 5.74) is 1.69. The lowest BCUT2D eigenvalue weighted by molar-refractivity contribution is 0.0951. The summed E-state index contributed by atoms with van der Waals surface area (Å²) in [7, 11) is 4.03. The molecule has 0 radical (unpaired) electrons. The minimum absolute atomic E-state index is 0.128. The van der Waals surface area contributed by atoms with Crippen LogP contribution in [0.4, 0.5) is 5.95 Å². The molecule has 0 spiro atoms. The SMILES string of the molecule is CCN(Cc1ccccc1)c1ncc(C(=O)NCCCN(C)C)cn1. The molecule has 0 aliphatic rings. The molecular weight excluding hydrogens is 314 g/mol. The van der Waals surface area contributed by atoms with Crippen LogP contribution in [0, 0.1) is 0 Å². The van der Waals surface area contributed by atoms with Crippen LogP contribution in [0.15, 0.2) is 42.7 Å². The highest BCUT2D eigenvalue weighted by Crippen LogP contribution is 2.12. The van der Waals surface area contributed by atoms with Gasteiger partial charge in [-0.15, -0.1) is 0 Å². The van der Waals surface area contributed by atoms with Gasteiger partial charge in [0, 0.05) is 32.0 Å². The Morgan fingerprint density at radius 2 is 1.80 bits per heavy atom. The van der Waals surface area contributed by atoms with E-state index in [4.69, 9.17) is 0 Å². The number of nitrogens with one attached hydrogen (secondary N) is 1. The maximum absolute atomic E-state index is 12.1. The first-order valence-corrected chi connectivity index (χ1v) is 8.64. The number of aromatic nitrogens is 2. The van der Waals surface area contributed by atoms with E-state index in [1.807, 2.05) is 32.3 Å². The van der Waals surface area contributed by atoms with Gasteiger partial charge in [0.25, 0.3) is 5.91 Å². The van der Waals surface area contributed by atoms with Crippen LogP contribution >= 0.6 is 0 Å². The summed E-state index contributed by atoms with van der Waals surface area (Å²) in [5.74, 6) is 0.506. The van der Waals surface area contributed by atoms with E-state index in [-0.39, 0.29) is 5.91 Å². The smallest absolute Gasteiger partial charge is 0.254 e. The number of hydrogen-bond acceptors (Lipinski definition) is 5. The predicted octanol–water partition coefficient (Wildman–Crippen LogP) is 2.18. The number of anilines is 1. The molecule has 0 bridgehead atoms. The Labute approximate surface area is 149 Å². The molecule has 0 aliphatic heterocycles. The lowest BCUT2D eigenvalue weighted by atomic mass is 10.2. The van der Waals surface area contributed by atoms with Crippen molar-refractivity contribution >= 4 is 11.9 Å². The largest absolute Gasteiger partial charge is 0.352 e. The topological polar surface area (TPSA) is 61.4 Å². The van der Waals surface area contributed by atoms with Crippen molar-refractivity contribution in [2.24, 2.45) is 0 Å². The lowest BCUT2D eigenvalue weighted by Crippen LogP contribution is -2.28. The van der Waals surface area contributed by atoms with Crippen molar-refractivity contribution in [2.45, 2.75) is 19.9 Å². The zero-order valence-electron chi connectivity index (χ0n) is 15.3. The van der Waals surface area contributed by atoms with Gasteiger partial charge in [0.05, 0.1) is 5.56 Å². The Morgan fingerprint density at radius 1 is 1.12 bits per heavy atom. The van der Waals surface area contributed by atoms with Crippen LogP contribution in [0.1, 0.15) is 29.3 Å². The third-order valence-corrected chi connectivity index (χ3v) is 3.85. The van der Waals surface area contributed by atoms with Gasteiger partial charge in [0.15, 0.2) is 0 Å². The van der Waals surface area contributed by atoms with Crippen molar-refractivity contribution in [1.82, 2.24) is 20.2 Å². The summed E-state index contributed by atoms with van der Waals surface area (Å²) in [6.07, 6.45) is 4.10. The van der Waals surface area contributed by atoms with Gasteiger partial charge in [0.1, 0.15) is 0 Å². The summed E-state index contributed by atoms with van der Waals surface area (Å²) in [5, 5.41) is 2.90. The number of rotatable bonds is 9. The summed E-state index contributed by atoms with van der Waals surface area (Å²) in [6.45, 7) is 5.20. The maximum Gasteiger partial charge on any atom is 0.254 e. The Morgan fingerprint density at radius 3 is 2.40 bits per heavy atom. The highest BCUT2D eigenvalue weighted by Gasteiger charge is 2.11. The predicted molar refractivity (Wildman–Crippen MR) is 101 cm³/mol. The molecule has 134 valence electrons. The number of hydrogen-bond donors (Lipinski definition) is 1. The van der Waals surface area contributed by atoms with E-state index in [1.54, 1.807) is 12.4 Å². The number of carbonyl (C=O) groups is 1. The van der Waals surface area contributed by atoms with Gasteiger partial charge in [0.2, 0.25) is 5.95 Å². The molecule has 1 aromatic heterocycles. The van der Waals surface area contributed by atoms with Gasteiger partial charge in [-0.3, -0.25) is 4.79 Å². The fourth-order valence-electron chi connectivity index (χ4n) is 2.43. The lowest BCUT2D eigenvalue weighted by Gasteiger charge is -2.20. The van der Waals surface area contributed by atoms with Gasteiger partial charge in [-0.25, -0.2) is 9.97 Å². The van der Waals surface area contributed by atoms with E-state index in [9.17, 15) is 4.79 Å². The van der Waals surface area contributed by atoms with Crippen LogP contribution < -0.4 is 10.2 Å². The van der Waals surface area contributed by atoms with Crippen LogP contribution in [0.25, 0.3) is 0 Å². The summed E-state index contributed by atoms with van der Waals surface area (Å²) in [6, 6.07) is 10.2. The monoisotopic (exact) mass is 341 g/mol. The van der Waals surface area contributed by atoms with Crippen molar-refractivity contribution in [1.29, 1.82) is 0 Å². The standard InChI is InChI=1S/C19H27N5O/c1-4-24(15-16-9-6-5-7-10-16)19-21-13-17(14-22-19)18(25)20-11-8-12-23(2)3/h5-7,9-10,13-14H,4,8,11-12,15H2,1-3H3,(H,20,25). The van der Waals surface area contributed by atoms with E-state index in [1.165, 1.54) is 5.56 Å². The van der Waals surface area contributed by atoms with Crippen LogP contribution in [-0.4, -0.2) is 54.5 Å². The van der Waals surface area contributed by atoms with E-state index in [0.717, 1.165) is 26.1 Å². The first kappa shape index (κ1) is 18.9. The van der Waals surface area contributed by atoms with Crippen molar-refractivity contribution in [3.63, 3.8) is 0 Å². The third kappa shape index (κ3) is 6.15. The van der Waals surface area contributed by atoms with Gasteiger partial charge in [-0.05, 0) is 39.5 Å².